The van der Waals surface area contributed by atoms with E-state index >= 15 is 0 Å². The maximum absolute atomic E-state index is 11.3. The van der Waals surface area contributed by atoms with Gasteiger partial charge in [0.15, 0.2) is 0 Å². The lowest BCUT2D eigenvalue weighted by Crippen LogP contribution is -2.28. The molecule has 0 radical (unpaired) electrons. The molecule has 0 N–H and O–H groups in total. The zero-order valence-electron chi connectivity index (χ0n) is 8.58. The molecule has 3 nitrogen and oxygen atoms in total. The molecule has 1 rings (SSSR count). The summed E-state index contributed by atoms with van der Waals surface area (Å²) in [4.78, 5) is 11.3. The lowest BCUT2D eigenvalue weighted by atomic mass is 10.1. The molecule has 1 aliphatic rings. The quantitative estimate of drug-likeness (QED) is 0.630. The highest BCUT2D eigenvalue weighted by Gasteiger charge is 2.30. The third-order valence-electron chi connectivity index (χ3n) is 2.29. The third-order valence-corrected chi connectivity index (χ3v) is 2.29. The summed E-state index contributed by atoms with van der Waals surface area (Å²) in [7, 11) is 0. The highest BCUT2D eigenvalue weighted by molar-refractivity contribution is 5.71. The zero-order valence-corrected chi connectivity index (χ0v) is 8.58. The molecule has 76 valence electrons. The molecular weight excluding hydrogens is 168 g/mol. The van der Waals surface area contributed by atoms with Crippen molar-refractivity contribution in [1.82, 2.24) is 0 Å². The third kappa shape index (κ3) is 2.69. The fourth-order valence-electron chi connectivity index (χ4n) is 1.43. The van der Waals surface area contributed by atoms with Crippen LogP contribution in [0.15, 0.2) is 0 Å². The van der Waals surface area contributed by atoms with E-state index in [9.17, 15) is 4.79 Å². The lowest BCUT2D eigenvalue weighted by Gasteiger charge is -2.18. The molecule has 1 heterocycles. The molecular formula is C10H18O3. The van der Waals surface area contributed by atoms with E-state index in [-0.39, 0.29) is 24.1 Å². The first kappa shape index (κ1) is 10.5. The van der Waals surface area contributed by atoms with Crippen LogP contribution < -0.4 is 0 Å². The molecule has 0 aromatic rings. The molecule has 0 aromatic heterocycles. The van der Waals surface area contributed by atoms with E-state index in [4.69, 9.17) is 9.47 Å². The second-order valence-corrected chi connectivity index (χ2v) is 3.74. The average Bonchev–Trinajstić information content (AvgIpc) is 2.51. The Kier molecular flexibility index (Phi) is 3.72. The molecule has 2 atom stereocenters. The van der Waals surface area contributed by atoms with Gasteiger partial charge < -0.3 is 9.47 Å². The van der Waals surface area contributed by atoms with Gasteiger partial charge in [-0.1, -0.05) is 20.8 Å². The molecule has 0 amide bonds. The highest BCUT2D eigenvalue weighted by Crippen LogP contribution is 2.20. The predicted molar refractivity (Wildman–Crippen MR) is 49.4 cm³/mol. The van der Waals surface area contributed by atoms with Gasteiger partial charge >= 0.3 is 5.97 Å². The normalized spacial score (nSPS) is 28.0. The fraction of sp³-hybridized carbons (Fsp3) is 0.900. The number of hydrogen-bond donors (Lipinski definition) is 0. The van der Waals surface area contributed by atoms with Crippen LogP contribution in [0.4, 0.5) is 0 Å². The molecule has 2 unspecified atom stereocenters. The topological polar surface area (TPSA) is 35.5 Å². The molecule has 3 heteroatoms. The van der Waals surface area contributed by atoms with Crippen LogP contribution in [0.25, 0.3) is 0 Å². The van der Waals surface area contributed by atoms with Gasteiger partial charge in [0.25, 0.3) is 0 Å². The second kappa shape index (κ2) is 4.61. The predicted octanol–water partition coefficient (Wildman–Crippen LogP) is 1.75. The Morgan fingerprint density at radius 1 is 1.62 bits per heavy atom. The number of esters is 1. The first-order chi connectivity index (χ1) is 6.15. The van der Waals surface area contributed by atoms with E-state index in [1.165, 1.54) is 0 Å². The van der Waals surface area contributed by atoms with Gasteiger partial charge in [0, 0.05) is 6.42 Å². The SMILES string of the molecule is CCC1OCCC1OC(=O)C(C)C. The first-order valence-electron chi connectivity index (χ1n) is 4.97. The van der Waals surface area contributed by atoms with Crippen LogP contribution in [0.5, 0.6) is 0 Å². The molecule has 0 aromatic carbocycles. The molecule has 0 saturated carbocycles. The minimum absolute atomic E-state index is 0.0140. The summed E-state index contributed by atoms with van der Waals surface area (Å²) in [5, 5.41) is 0. The van der Waals surface area contributed by atoms with Gasteiger partial charge in [0.2, 0.25) is 0 Å². The van der Waals surface area contributed by atoms with Crippen LogP contribution >= 0.6 is 0 Å². The van der Waals surface area contributed by atoms with Crippen LogP contribution in [0.1, 0.15) is 33.6 Å². The van der Waals surface area contributed by atoms with Crippen LogP contribution in [-0.4, -0.2) is 24.8 Å². The van der Waals surface area contributed by atoms with Crippen LogP contribution in [0.3, 0.4) is 0 Å². The minimum atomic E-state index is -0.117. The van der Waals surface area contributed by atoms with Gasteiger partial charge in [0.05, 0.1) is 18.6 Å². The largest absolute Gasteiger partial charge is 0.459 e. The van der Waals surface area contributed by atoms with Crippen LogP contribution in [-0.2, 0) is 14.3 Å². The molecule has 1 saturated heterocycles. The average molecular weight is 186 g/mol. The van der Waals surface area contributed by atoms with Crippen molar-refractivity contribution in [3.05, 3.63) is 0 Å². The van der Waals surface area contributed by atoms with E-state index in [1.807, 2.05) is 20.8 Å². The number of carbonyl (C=O) groups is 1. The Bertz CT molecular complexity index is 177. The van der Waals surface area contributed by atoms with Gasteiger partial charge in [-0.2, -0.15) is 0 Å². The van der Waals surface area contributed by atoms with Gasteiger partial charge in [-0.3, -0.25) is 4.79 Å². The highest BCUT2D eigenvalue weighted by atomic mass is 16.6. The Labute approximate surface area is 79.4 Å². The van der Waals surface area contributed by atoms with Gasteiger partial charge in [0.1, 0.15) is 6.10 Å². The van der Waals surface area contributed by atoms with Gasteiger partial charge in [-0.05, 0) is 6.42 Å². The summed E-state index contributed by atoms with van der Waals surface area (Å²) in [5.41, 5.74) is 0. The second-order valence-electron chi connectivity index (χ2n) is 3.74. The number of rotatable bonds is 3. The number of hydrogen-bond acceptors (Lipinski definition) is 3. The smallest absolute Gasteiger partial charge is 0.308 e. The van der Waals surface area contributed by atoms with Crippen molar-refractivity contribution in [2.24, 2.45) is 5.92 Å². The summed E-state index contributed by atoms with van der Waals surface area (Å²) in [6.07, 6.45) is 1.86. The van der Waals surface area contributed by atoms with Crippen molar-refractivity contribution in [2.75, 3.05) is 6.61 Å². The summed E-state index contributed by atoms with van der Waals surface area (Å²) in [6, 6.07) is 0. The van der Waals surface area contributed by atoms with Crippen molar-refractivity contribution in [3.63, 3.8) is 0 Å². The zero-order chi connectivity index (χ0) is 9.84. The number of carbonyl (C=O) groups excluding carboxylic acids is 1. The Hall–Kier alpha value is -0.570. The Morgan fingerprint density at radius 3 is 2.85 bits per heavy atom. The summed E-state index contributed by atoms with van der Waals surface area (Å²) in [6.45, 7) is 6.46. The number of ether oxygens (including phenoxy) is 2. The lowest BCUT2D eigenvalue weighted by molar-refractivity contribution is -0.155. The summed E-state index contributed by atoms with van der Waals surface area (Å²) in [5.74, 6) is -0.160. The van der Waals surface area contributed by atoms with Crippen LogP contribution in [0.2, 0.25) is 0 Å². The molecule has 0 spiro atoms. The van der Waals surface area contributed by atoms with Crippen molar-refractivity contribution < 1.29 is 14.3 Å². The summed E-state index contributed by atoms with van der Waals surface area (Å²) >= 11 is 0. The monoisotopic (exact) mass is 186 g/mol. The first-order valence-corrected chi connectivity index (χ1v) is 4.97. The molecule has 13 heavy (non-hydrogen) atoms. The van der Waals surface area contributed by atoms with Crippen molar-refractivity contribution in [3.8, 4) is 0 Å². The fourth-order valence-corrected chi connectivity index (χ4v) is 1.43. The molecule has 0 bridgehead atoms. The van der Waals surface area contributed by atoms with E-state index in [0.29, 0.717) is 6.61 Å². The maximum atomic E-state index is 11.3. The van der Waals surface area contributed by atoms with Crippen molar-refractivity contribution >= 4 is 5.97 Å². The Balaban J connectivity index is 2.39. The Morgan fingerprint density at radius 2 is 2.31 bits per heavy atom. The molecule has 1 fully saturated rings. The molecule has 1 aliphatic heterocycles. The van der Waals surface area contributed by atoms with Gasteiger partial charge in [-0.15, -0.1) is 0 Å². The minimum Gasteiger partial charge on any atom is -0.459 e. The van der Waals surface area contributed by atoms with Gasteiger partial charge in [-0.25, -0.2) is 0 Å². The van der Waals surface area contributed by atoms with Crippen molar-refractivity contribution in [2.45, 2.75) is 45.8 Å². The van der Waals surface area contributed by atoms with E-state index < -0.39 is 0 Å². The van der Waals surface area contributed by atoms with Crippen molar-refractivity contribution in [1.29, 1.82) is 0 Å². The van der Waals surface area contributed by atoms with Crippen LogP contribution in [0, 0.1) is 5.92 Å². The standard InChI is InChI=1S/C10H18O3/c1-4-8-9(5-6-12-8)13-10(11)7(2)3/h7-9H,4-6H2,1-3H3. The summed E-state index contributed by atoms with van der Waals surface area (Å²) < 4.78 is 10.7. The maximum Gasteiger partial charge on any atom is 0.308 e. The van der Waals surface area contributed by atoms with E-state index in [2.05, 4.69) is 0 Å². The van der Waals surface area contributed by atoms with E-state index in [0.717, 1.165) is 12.8 Å². The molecule has 0 aliphatic carbocycles. The van der Waals surface area contributed by atoms with E-state index in [1.54, 1.807) is 0 Å².